The SMILES string of the molecule is O=C(Cc1cccs1)NC1(C(=O)O)CCOC1. The Morgan fingerprint density at radius 3 is 2.94 bits per heavy atom. The van der Waals surface area contributed by atoms with Crippen molar-refractivity contribution in [1.82, 2.24) is 5.32 Å². The third kappa shape index (κ3) is 2.65. The third-order valence-corrected chi connectivity index (χ3v) is 3.60. The van der Waals surface area contributed by atoms with Gasteiger partial charge in [0.25, 0.3) is 0 Å². The molecule has 1 saturated heterocycles. The van der Waals surface area contributed by atoms with E-state index in [0.717, 1.165) is 4.88 Å². The Morgan fingerprint density at radius 2 is 2.41 bits per heavy atom. The zero-order valence-electron chi connectivity index (χ0n) is 9.14. The predicted octanol–water partition coefficient (Wildman–Crippen LogP) is 0.651. The molecule has 1 aliphatic rings. The number of hydrogen-bond donors (Lipinski definition) is 2. The largest absolute Gasteiger partial charge is 0.479 e. The summed E-state index contributed by atoms with van der Waals surface area (Å²) in [7, 11) is 0. The van der Waals surface area contributed by atoms with Crippen LogP contribution in [0, 0.1) is 0 Å². The Morgan fingerprint density at radius 1 is 1.59 bits per heavy atom. The van der Waals surface area contributed by atoms with Gasteiger partial charge in [-0.15, -0.1) is 11.3 Å². The van der Waals surface area contributed by atoms with E-state index in [1.54, 1.807) is 0 Å². The number of hydrogen-bond acceptors (Lipinski definition) is 4. The van der Waals surface area contributed by atoms with E-state index in [4.69, 9.17) is 9.84 Å². The molecular weight excluding hydrogens is 242 g/mol. The van der Waals surface area contributed by atoms with Crippen LogP contribution in [0.1, 0.15) is 11.3 Å². The van der Waals surface area contributed by atoms with Gasteiger partial charge in [-0.25, -0.2) is 4.79 Å². The number of carbonyl (C=O) groups is 2. The maximum atomic E-state index is 11.8. The molecule has 0 aromatic carbocycles. The molecule has 2 rings (SSSR count). The average molecular weight is 255 g/mol. The van der Waals surface area contributed by atoms with Gasteiger partial charge in [-0.2, -0.15) is 0 Å². The smallest absolute Gasteiger partial charge is 0.331 e. The first-order valence-corrected chi connectivity index (χ1v) is 6.15. The molecule has 1 unspecified atom stereocenters. The van der Waals surface area contributed by atoms with Gasteiger partial charge in [-0.05, 0) is 11.4 Å². The van der Waals surface area contributed by atoms with Gasteiger partial charge in [-0.1, -0.05) is 6.07 Å². The van der Waals surface area contributed by atoms with Crippen molar-refractivity contribution in [3.63, 3.8) is 0 Å². The number of nitrogens with one attached hydrogen (secondary N) is 1. The van der Waals surface area contributed by atoms with Crippen LogP contribution in [0.15, 0.2) is 17.5 Å². The van der Waals surface area contributed by atoms with Crippen LogP contribution in [-0.4, -0.2) is 35.7 Å². The van der Waals surface area contributed by atoms with Crippen molar-refractivity contribution in [3.05, 3.63) is 22.4 Å². The lowest BCUT2D eigenvalue weighted by Gasteiger charge is -2.23. The highest BCUT2D eigenvalue weighted by Gasteiger charge is 2.43. The lowest BCUT2D eigenvalue weighted by molar-refractivity contribution is -0.147. The maximum Gasteiger partial charge on any atom is 0.331 e. The number of carbonyl (C=O) groups excluding carboxylic acids is 1. The molecule has 17 heavy (non-hydrogen) atoms. The zero-order valence-corrected chi connectivity index (χ0v) is 9.96. The lowest BCUT2D eigenvalue weighted by Crippen LogP contribution is -2.55. The van der Waals surface area contributed by atoms with Gasteiger partial charge in [0.05, 0.1) is 13.0 Å². The maximum absolute atomic E-state index is 11.8. The number of rotatable bonds is 4. The highest BCUT2D eigenvalue weighted by molar-refractivity contribution is 7.10. The molecule has 1 aliphatic heterocycles. The van der Waals surface area contributed by atoms with Crippen LogP contribution in [0.5, 0.6) is 0 Å². The van der Waals surface area contributed by atoms with Gasteiger partial charge in [0.15, 0.2) is 5.54 Å². The molecule has 0 saturated carbocycles. The number of carboxylic acid groups (broad SMARTS) is 1. The van der Waals surface area contributed by atoms with E-state index in [1.807, 2.05) is 17.5 Å². The van der Waals surface area contributed by atoms with Crippen molar-refractivity contribution in [2.75, 3.05) is 13.2 Å². The summed E-state index contributed by atoms with van der Waals surface area (Å²) in [5.74, 6) is -1.31. The minimum Gasteiger partial charge on any atom is -0.479 e. The quantitative estimate of drug-likeness (QED) is 0.828. The monoisotopic (exact) mass is 255 g/mol. The van der Waals surface area contributed by atoms with Crippen molar-refractivity contribution in [1.29, 1.82) is 0 Å². The lowest BCUT2D eigenvalue weighted by atomic mass is 9.99. The Labute approximate surface area is 102 Å². The van der Waals surface area contributed by atoms with Crippen molar-refractivity contribution in [2.45, 2.75) is 18.4 Å². The van der Waals surface area contributed by atoms with Crippen LogP contribution in [0.2, 0.25) is 0 Å². The van der Waals surface area contributed by atoms with Gasteiger partial charge in [0, 0.05) is 17.9 Å². The molecule has 1 amide bonds. The highest BCUT2D eigenvalue weighted by Crippen LogP contribution is 2.19. The Kier molecular flexibility index (Phi) is 3.44. The molecule has 2 N–H and O–H groups in total. The second-order valence-electron chi connectivity index (χ2n) is 3.99. The van der Waals surface area contributed by atoms with E-state index in [9.17, 15) is 9.59 Å². The zero-order chi connectivity index (χ0) is 12.3. The molecule has 5 nitrogen and oxygen atoms in total. The van der Waals surface area contributed by atoms with Crippen LogP contribution < -0.4 is 5.32 Å². The first-order valence-electron chi connectivity index (χ1n) is 5.27. The summed E-state index contributed by atoms with van der Waals surface area (Å²) >= 11 is 1.48. The van der Waals surface area contributed by atoms with Crippen molar-refractivity contribution in [3.8, 4) is 0 Å². The fourth-order valence-electron chi connectivity index (χ4n) is 1.77. The van der Waals surface area contributed by atoms with Crippen LogP contribution in [0.25, 0.3) is 0 Å². The third-order valence-electron chi connectivity index (χ3n) is 2.72. The topological polar surface area (TPSA) is 75.6 Å². The van der Waals surface area contributed by atoms with E-state index in [-0.39, 0.29) is 18.9 Å². The highest BCUT2D eigenvalue weighted by atomic mass is 32.1. The predicted molar refractivity (Wildman–Crippen MR) is 62.0 cm³/mol. The van der Waals surface area contributed by atoms with Gasteiger partial charge in [-0.3, -0.25) is 4.79 Å². The Hall–Kier alpha value is -1.40. The number of carboxylic acids is 1. The molecule has 6 heteroatoms. The van der Waals surface area contributed by atoms with E-state index >= 15 is 0 Å². The molecule has 1 aromatic heterocycles. The molecule has 1 fully saturated rings. The molecule has 92 valence electrons. The van der Waals surface area contributed by atoms with Crippen molar-refractivity contribution >= 4 is 23.2 Å². The van der Waals surface area contributed by atoms with Crippen LogP contribution in [0.4, 0.5) is 0 Å². The number of aliphatic carboxylic acids is 1. The summed E-state index contributed by atoms with van der Waals surface area (Å²) in [5, 5.41) is 13.6. The van der Waals surface area contributed by atoms with Crippen molar-refractivity contribution in [2.24, 2.45) is 0 Å². The fraction of sp³-hybridized carbons (Fsp3) is 0.455. The molecule has 1 aromatic rings. The summed E-state index contributed by atoms with van der Waals surface area (Å²) in [6, 6.07) is 3.71. The second-order valence-corrected chi connectivity index (χ2v) is 5.03. The number of amides is 1. The van der Waals surface area contributed by atoms with Crippen molar-refractivity contribution < 1.29 is 19.4 Å². The number of ether oxygens (including phenoxy) is 1. The fourth-order valence-corrected chi connectivity index (χ4v) is 2.47. The Balaban J connectivity index is 1.99. The summed E-state index contributed by atoms with van der Waals surface area (Å²) in [6.07, 6.45) is 0.533. The second kappa shape index (κ2) is 4.85. The molecule has 1 atom stereocenters. The molecule has 0 aliphatic carbocycles. The van der Waals surface area contributed by atoms with Crippen LogP contribution in [0.3, 0.4) is 0 Å². The van der Waals surface area contributed by atoms with Gasteiger partial charge < -0.3 is 15.2 Å². The normalized spacial score (nSPS) is 23.5. The van der Waals surface area contributed by atoms with Gasteiger partial charge in [0.2, 0.25) is 5.91 Å². The van der Waals surface area contributed by atoms with E-state index in [1.165, 1.54) is 11.3 Å². The first-order chi connectivity index (χ1) is 8.12. The van der Waals surface area contributed by atoms with Gasteiger partial charge >= 0.3 is 5.97 Å². The average Bonchev–Trinajstić information content (AvgIpc) is 2.89. The van der Waals surface area contributed by atoms with Gasteiger partial charge in [0.1, 0.15) is 0 Å². The standard InChI is InChI=1S/C11H13NO4S/c13-9(6-8-2-1-5-17-8)12-11(10(14)15)3-4-16-7-11/h1-2,5H,3-4,6-7H2,(H,12,13)(H,14,15). The molecule has 0 spiro atoms. The first kappa shape index (κ1) is 12.1. The molecular formula is C11H13NO4S. The van der Waals surface area contributed by atoms with Crippen LogP contribution >= 0.6 is 11.3 Å². The van der Waals surface area contributed by atoms with E-state index in [2.05, 4.69) is 5.32 Å². The summed E-state index contributed by atoms with van der Waals surface area (Å²) in [4.78, 5) is 23.8. The Bertz CT molecular complexity index is 409. The summed E-state index contributed by atoms with van der Waals surface area (Å²) in [6.45, 7) is 0.407. The minimum absolute atomic E-state index is 0.0402. The molecule has 0 bridgehead atoms. The molecule has 0 radical (unpaired) electrons. The number of thiophene rings is 1. The summed E-state index contributed by atoms with van der Waals surface area (Å²) in [5.41, 5.74) is -1.24. The van der Waals surface area contributed by atoms with Crippen LogP contribution in [-0.2, 0) is 20.7 Å². The van der Waals surface area contributed by atoms with E-state index < -0.39 is 11.5 Å². The minimum atomic E-state index is -1.24. The van der Waals surface area contributed by atoms with E-state index in [0.29, 0.717) is 13.0 Å². The molecule has 2 heterocycles. The summed E-state index contributed by atoms with van der Waals surface area (Å²) < 4.78 is 5.06.